The van der Waals surface area contributed by atoms with Crippen LogP contribution in [0.5, 0.6) is 0 Å². The largest absolute Gasteiger partial charge is 0.481 e. The summed E-state index contributed by atoms with van der Waals surface area (Å²) in [5.74, 6) is -1.68. The van der Waals surface area contributed by atoms with Gasteiger partial charge in [0.1, 0.15) is 0 Å². The van der Waals surface area contributed by atoms with E-state index in [2.05, 4.69) is 5.32 Å². The summed E-state index contributed by atoms with van der Waals surface area (Å²) >= 11 is 0. The van der Waals surface area contributed by atoms with Gasteiger partial charge in [0.2, 0.25) is 5.91 Å². The summed E-state index contributed by atoms with van der Waals surface area (Å²) in [7, 11) is -1.37. The van der Waals surface area contributed by atoms with Crippen LogP contribution < -0.4 is 5.32 Å². The zero-order chi connectivity index (χ0) is 18.7. The van der Waals surface area contributed by atoms with E-state index in [-0.39, 0.29) is 30.7 Å². The monoisotopic (exact) mass is 360 g/mol. The van der Waals surface area contributed by atoms with Gasteiger partial charge in [-0.1, -0.05) is 30.7 Å². The Morgan fingerprint density at radius 3 is 2.62 bits per heavy atom. The van der Waals surface area contributed by atoms with Crippen LogP contribution in [0.1, 0.15) is 24.0 Å². The Kier molecular flexibility index (Phi) is 5.96. The summed E-state index contributed by atoms with van der Waals surface area (Å²) in [6.45, 7) is 1.28. The van der Waals surface area contributed by atoms with Crippen molar-refractivity contribution in [3.05, 3.63) is 35.4 Å². The molecule has 2 aliphatic heterocycles. The van der Waals surface area contributed by atoms with Crippen LogP contribution >= 0.6 is 0 Å². The Balaban J connectivity index is 1.62. The van der Waals surface area contributed by atoms with Crippen LogP contribution in [-0.2, 0) is 22.6 Å². The van der Waals surface area contributed by atoms with Crippen LogP contribution in [0.15, 0.2) is 24.3 Å². The SMILES string of the molecule is O=C(O)[C@@H]1CN(C(=O)C2Cc3ccccc3CN2)C[C@@H]1CCCB(O)O. The molecule has 1 fully saturated rings. The van der Waals surface area contributed by atoms with E-state index < -0.39 is 19.0 Å². The number of hydrogen-bond donors (Lipinski definition) is 4. The molecule has 1 amide bonds. The van der Waals surface area contributed by atoms with E-state index in [0.717, 1.165) is 5.56 Å². The summed E-state index contributed by atoms with van der Waals surface area (Å²) in [5.41, 5.74) is 2.36. The smallest absolute Gasteiger partial charge is 0.451 e. The fourth-order valence-corrected chi connectivity index (χ4v) is 4.04. The highest BCUT2D eigenvalue weighted by Crippen LogP contribution is 2.29. The third kappa shape index (κ3) is 4.25. The molecule has 3 atom stereocenters. The second kappa shape index (κ2) is 8.20. The fraction of sp³-hybridized carbons (Fsp3) is 0.556. The van der Waals surface area contributed by atoms with Crippen molar-refractivity contribution >= 4 is 19.0 Å². The second-order valence-corrected chi connectivity index (χ2v) is 7.27. The Morgan fingerprint density at radius 1 is 1.19 bits per heavy atom. The molecule has 0 bridgehead atoms. The highest BCUT2D eigenvalue weighted by atomic mass is 16.4. The maximum absolute atomic E-state index is 12.9. The number of amides is 1. The topological polar surface area (TPSA) is 110 Å². The Hall–Kier alpha value is -1.90. The highest BCUT2D eigenvalue weighted by Gasteiger charge is 2.41. The lowest BCUT2D eigenvalue weighted by molar-refractivity contribution is -0.142. The van der Waals surface area contributed by atoms with E-state index in [9.17, 15) is 14.7 Å². The number of benzene rings is 1. The van der Waals surface area contributed by atoms with Crippen molar-refractivity contribution in [3.63, 3.8) is 0 Å². The van der Waals surface area contributed by atoms with Crippen LogP contribution in [0, 0.1) is 11.8 Å². The number of carbonyl (C=O) groups is 2. The molecule has 0 spiro atoms. The van der Waals surface area contributed by atoms with Crippen molar-refractivity contribution in [2.75, 3.05) is 13.1 Å². The van der Waals surface area contributed by atoms with Crippen molar-refractivity contribution in [3.8, 4) is 0 Å². The molecule has 0 saturated carbocycles. The van der Waals surface area contributed by atoms with E-state index in [1.807, 2.05) is 24.3 Å². The fourth-order valence-electron chi connectivity index (χ4n) is 4.04. The number of likely N-dealkylation sites (tertiary alicyclic amines) is 1. The highest BCUT2D eigenvalue weighted by molar-refractivity contribution is 6.40. The quantitative estimate of drug-likeness (QED) is 0.536. The first-order valence-corrected chi connectivity index (χ1v) is 9.13. The first kappa shape index (κ1) is 18.9. The molecule has 3 rings (SSSR count). The summed E-state index contributed by atoms with van der Waals surface area (Å²) in [6.07, 6.45) is 1.94. The minimum atomic E-state index is -1.37. The van der Waals surface area contributed by atoms with Crippen LogP contribution in [0.25, 0.3) is 0 Å². The zero-order valence-electron chi connectivity index (χ0n) is 14.7. The van der Waals surface area contributed by atoms with E-state index in [0.29, 0.717) is 32.4 Å². The van der Waals surface area contributed by atoms with Crippen LogP contribution in [0.4, 0.5) is 0 Å². The number of rotatable bonds is 6. The molecule has 2 aliphatic rings. The Bertz CT molecular complexity index is 669. The number of fused-ring (bicyclic) bond motifs is 1. The van der Waals surface area contributed by atoms with Crippen LogP contribution in [0.3, 0.4) is 0 Å². The maximum Gasteiger partial charge on any atom is 0.451 e. The number of carbonyl (C=O) groups excluding carboxylic acids is 1. The third-order valence-corrected chi connectivity index (χ3v) is 5.49. The van der Waals surface area contributed by atoms with Gasteiger partial charge in [-0.2, -0.15) is 0 Å². The van der Waals surface area contributed by atoms with Crippen molar-refractivity contribution in [1.82, 2.24) is 10.2 Å². The molecular weight excluding hydrogens is 335 g/mol. The zero-order valence-corrected chi connectivity index (χ0v) is 14.7. The number of carboxylic acids is 1. The first-order chi connectivity index (χ1) is 12.5. The predicted octanol–water partition coefficient (Wildman–Crippen LogP) is 0.113. The van der Waals surface area contributed by atoms with E-state index in [4.69, 9.17) is 10.0 Å². The molecule has 1 aromatic carbocycles. The van der Waals surface area contributed by atoms with Gasteiger partial charge in [-0.25, -0.2) is 0 Å². The minimum Gasteiger partial charge on any atom is -0.481 e. The number of nitrogens with zero attached hydrogens (tertiary/aromatic N) is 1. The summed E-state index contributed by atoms with van der Waals surface area (Å²) < 4.78 is 0. The molecule has 7 nitrogen and oxygen atoms in total. The van der Waals surface area contributed by atoms with Crippen LogP contribution in [0.2, 0.25) is 6.32 Å². The van der Waals surface area contributed by atoms with E-state index >= 15 is 0 Å². The summed E-state index contributed by atoms with van der Waals surface area (Å²) in [6, 6.07) is 7.70. The minimum absolute atomic E-state index is 0.0459. The van der Waals surface area contributed by atoms with Gasteiger partial charge in [0.25, 0.3) is 0 Å². The molecule has 2 heterocycles. The van der Waals surface area contributed by atoms with E-state index in [1.165, 1.54) is 5.56 Å². The Labute approximate surface area is 153 Å². The lowest BCUT2D eigenvalue weighted by Gasteiger charge is -2.29. The molecule has 0 radical (unpaired) electrons. The predicted molar refractivity (Wildman–Crippen MR) is 96.2 cm³/mol. The van der Waals surface area contributed by atoms with E-state index in [1.54, 1.807) is 4.90 Å². The first-order valence-electron chi connectivity index (χ1n) is 9.13. The van der Waals surface area contributed by atoms with Gasteiger partial charge in [0, 0.05) is 19.6 Å². The molecule has 4 N–H and O–H groups in total. The average Bonchev–Trinajstić information content (AvgIpc) is 3.05. The van der Waals surface area contributed by atoms with Crippen molar-refractivity contribution in [1.29, 1.82) is 0 Å². The number of nitrogens with one attached hydrogen (secondary N) is 1. The summed E-state index contributed by atoms with van der Waals surface area (Å²) in [4.78, 5) is 26.1. The lowest BCUT2D eigenvalue weighted by atomic mass is 9.80. The van der Waals surface area contributed by atoms with Gasteiger partial charge in [-0.05, 0) is 36.2 Å². The Morgan fingerprint density at radius 2 is 1.92 bits per heavy atom. The van der Waals surface area contributed by atoms with Gasteiger partial charge in [0.15, 0.2) is 0 Å². The average molecular weight is 360 g/mol. The lowest BCUT2D eigenvalue weighted by Crippen LogP contribution is -2.49. The van der Waals surface area contributed by atoms with Gasteiger partial charge in [0.05, 0.1) is 12.0 Å². The third-order valence-electron chi connectivity index (χ3n) is 5.49. The summed E-state index contributed by atoms with van der Waals surface area (Å²) in [5, 5.41) is 30.7. The number of aliphatic carboxylic acids is 1. The molecule has 26 heavy (non-hydrogen) atoms. The van der Waals surface area contributed by atoms with Gasteiger partial charge >= 0.3 is 13.1 Å². The second-order valence-electron chi connectivity index (χ2n) is 7.27. The van der Waals surface area contributed by atoms with Crippen molar-refractivity contribution in [2.45, 2.75) is 38.2 Å². The maximum atomic E-state index is 12.9. The molecule has 1 aromatic rings. The molecule has 0 aliphatic carbocycles. The molecule has 1 saturated heterocycles. The molecule has 8 heteroatoms. The molecule has 140 valence electrons. The standard InChI is InChI=1S/C18H25BN2O5/c22-17(16-8-12-4-1-2-5-13(12)9-20-16)21-10-14(6-3-7-19(25)26)15(11-21)18(23)24/h1-2,4-5,14-16,20,25-26H,3,6-11H2,(H,23,24)/t14-,15+,16?/m0/s1. The van der Waals surface area contributed by atoms with Crippen molar-refractivity contribution < 1.29 is 24.7 Å². The number of carboxylic acid groups (broad SMARTS) is 1. The van der Waals surface area contributed by atoms with Gasteiger partial charge < -0.3 is 25.4 Å². The normalized spacial score (nSPS) is 25.0. The van der Waals surface area contributed by atoms with Crippen LogP contribution in [-0.4, -0.2) is 58.2 Å². The van der Waals surface area contributed by atoms with Gasteiger partial charge in [-0.15, -0.1) is 0 Å². The van der Waals surface area contributed by atoms with Gasteiger partial charge in [-0.3, -0.25) is 9.59 Å². The number of hydrogen-bond acceptors (Lipinski definition) is 5. The molecule has 1 unspecified atom stereocenters. The molecular formula is C18H25BN2O5. The van der Waals surface area contributed by atoms with Crippen molar-refractivity contribution in [2.24, 2.45) is 11.8 Å². The molecule has 0 aromatic heterocycles.